The van der Waals surface area contributed by atoms with E-state index in [0.717, 1.165) is 6.92 Å². The first kappa shape index (κ1) is 80.9. The molecule has 15 atom stereocenters. The Hall–Kier alpha value is -9.38. The highest BCUT2D eigenvalue weighted by Gasteiger charge is 2.43. The van der Waals surface area contributed by atoms with Crippen molar-refractivity contribution in [3.8, 4) is 0 Å². The van der Waals surface area contributed by atoms with Gasteiger partial charge in [0.25, 0.3) is 0 Å². The van der Waals surface area contributed by atoms with Crippen LogP contribution >= 0.6 is 0 Å². The minimum absolute atomic E-state index is 0.0436. The first-order valence-corrected chi connectivity index (χ1v) is 31.5. The molecule has 2 aromatic rings. The highest BCUT2D eigenvalue weighted by molar-refractivity contribution is 6.02. The van der Waals surface area contributed by atoms with Crippen molar-refractivity contribution in [1.82, 2.24) is 63.8 Å². The van der Waals surface area contributed by atoms with Crippen LogP contribution in [-0.4, -0.2) is 202 Å². The van der Waals surface area contributed by atoms with Gasteiger partial charge in [-0.1, -0.05) is 110 Å². The molecule has 0 unspecified atom stereocenters. The summed E-state index contributed by atoms with van der Waals surface area (Å²) in [5.41, 5.74) is 11.8. The minimum Gasteiger partial charge on any atom is -0.453 e. The number of benzene rings is 2. The van der Waals surface area contributed by atoms with Crippen LogP contribution in [0.25, 0.3) is 0 Å². The third-order valence-electron chi connectivity index (χ3n) is 15.2. The van der Waals surface area contributed by atoms with Gasteiger partial charge in [-0.3, -0.25) is 63.5 Å². The fourth-order valence-corrected chi connectivity index (χ4v) is 9.54. The number of amides is 13. The largest absolute Gasteiger partial charge is 0.453 e. The number of carbonyl (C=O) groups excluding carboxylic acids is 13. The van der Waals surface area contributed by atoms with Crippen molar-refractivity contribution in [2.45, 2.75) is 186 Å². The molecule has 22 N–H and O–H groups in total. The maximum Gasteiger partial charge on any atom is 0.331 e. The molecule has 0 saturated carbocycles. The Morgan fingerprint density at radius 1 is 0.656 bits per heavy atom. The Bertz CT molecular complexity index is 3010. The Morgan fingerprint density at radius 2 is 1.21 bits per heavy atom. The van der Waals surface area contributed by atoms with Gasteiger partial charge in [0.2, 0.25) is 65.0 Å². The average Bonchev–Trinajstić information content (AvgIpc) is 0.824. The SMILES string of the molecule is CC[C@H](C)[C@@H]1NC(=O)[C@@H](CCCNC(=N)NC(=O)Nc2ccccc2)NC(=O)[C@H](CC(C)C)NC(=O)[C@H]([C@H](O)C(C)C)NC(=O)[C@@H](NC(=O)[C@H](C)NC(=O)[C@H](N)CC(C)C)[C@@H](c2ccccc2)OC(=O)[C@H](CO)NC(=O)[C@H]([C@H](O)C(N)=O)NC(=O)CNC(=O)[C@H]([C@H](C)O)NC1=O. The number of primary amides is 1. The van der Waals surface area contributed by atoms with Crippen molar-refractivity contribution < 1.29 is 87.5 Å². The summed E-state index contributed by atoms with van der Waals surface area (Å²) in [6, 6.07) is -3.65. The number of guanidine groups is 1. The Labute approximate surface area is 556 Å². The molecule has 96 heavy (non-hydrogen) atoms. The molecule has 0 aromatic heterocycles. The van der Waals surface area contributed by atoms with E-state index >= 15 is 4.79 Å². The van der Waals surface area contributed by atoms with Gasteiger partial charge in [-0.05, 0) is 80.9 Å². The van der Waals surface area contributed by atoms with E-state index in [1.807, 2.05) is 10.6 Å². The molecule has 13 amide bonds. The molecule has 532 valence electrons. The van der Waals surface area contributed by atoms with E-state index in [1.165, 1.54) is 51.1 Å². The lowest BCUT2D eigenvalue weighted by molar-refractivity contribution is -0.159. The molecule has 1 aliphatic rings. The van der Waals surface area contributed by atoms with Gasteiger partial charge in [0.05, 0.1) is 31.4 Å². The van der Waals surface area contributed by atoms with Gasteiger partial charge in [-0.2, -0.15) is 0 Å². The van der Waals surface area contributed by atoms with Crippen LogP contribution in [0.15, 0.2) is 60.7 Å². The molecule has 34 nitrogen and oxygen atoms in total. The number of para-hydroxylation sites is 1. The van der Waals surface area contributed by atoms with E-state index in [1.54, 1.807) is 71.9 Å². The summed E-state index contributed by atoms with van der Waals surface area (Å²) < 4.78 is 5.86. The zero-order valence-corrected chi connectivity index (χ0v) is 55.5. The third-order valence-corrected chi connectivity index (χ3v) is 15.2. The first-order valence-electron chi connectivity index (χ1n) is 31.5. The number of hydrogen-bond acceptors (Lipinski definition) is 20. The van der Waals surface area contributed by atoms with Gasteiger partial charge in [-0.15, -0.1) is 0 Å². The van der Waals surface area contributed by atoms with Gasteiger partial charge >= 0.3 is 12.0 Å². The maximum absolute atomic E-state index is 15.2. The molecule has 0 aliphatic carbocycles. The van der Waals surface area contributed by atoms with E-state index in [4.69, 9.17) is 21.6 Å². The number of esters is 1. The number of nitrogens with one attached hydrogen (secondary N) is 14. The molecular weight excluding hydrogens is 1260 g/mol. The number of aliphatic hydroxyl groups is 4. The van der Waals surface area contributed by atoms with E-state index in [2.05, 4.69) is 58.5 Å². The van der Waals surface area contributed by atoms with E-state index in [0.29, 0.717) is 5.69 Å². The molecule has 0 radical (unpaired) electrons. The third kappa shape index (κ3) is 26.1. The van der Waals surface area contributed by atoms with Gasteiger partial charge < -0.3 is 100 Å². The van der Waals surface area contributed by atoms with E-state index < -0.39 is 199 Å². The topological polar surface area (TPSA) is 544 Å². The summed E-state index contributed by atoms with van der Waals surface area (Å²) in [4.78, 5) is 182. The maximum atomic E-state index is 15.2. The van der Waals surface area contributed by atoms with Crippen molar-refractivity contribution in [2.24, 2.45) is 35.1 Å². The van der Waals surface area contributed by atoms with Crippen LogP contribution in [0.5, 0.6) is 0 Å². The molecule has 1 heterocycles. The Morgan fingerprint density at radius 3 is 1.77 bits per heavy atom. The number of rotatable bonds is 22. The second-order valence-corrected chi connectivity index (χ2v) is 24.5. The van der Waals surface area contributed by atoms with Gasteiger partial charge in [0.15, 0.2) is 24.2 Å². The first-order chi connectivity index (χ1) is 45.1. The van der Waals surface area contributed by atoms with Crippen LogP contribution < -0.4 is 80.6 Å². The number of ether oxygens (including phenoxy) is 1. The van der Waals surface area contributed by atoms with E-state index in [9.17, 15) is 78.0 Å². The molecular formula is C62H96N16O18. The summed E-state index contributed by atoms with van der Waals surface area (Å²) in [5, 5.41) is 83.6. The molecule has 1 fully saturated rings. The lowest BCUT2D eigenvalue weighted by Crippen LogP contribution is -2.64. The number of anilines is 1. The van der Waals surface area contributed by atoms with Crippen LogP contribution in [0.3, 0.4) is 0 Å². The number of aliphatic hydroxyl groups excluding tert-OH is 4. The molecule has 34 heteroatoms. The average molecular weight is 1350 g/mol. The number of urea groups is 1. The molecule has 0 bridgehead atoms. The highest BCUT2D eigenvalue weighted by atomic mass is 16.5. The number of nitrogens with two attached hydrogens (primary N) is 2. The Balaban J connectivity index is 2.32. The second kappa shape index (κ2) is 39.5. The second-order valence-electron chi connectivity index (χ2n) is 24.5. The summed E-state index contributed by atoms with van der Waals surface area (Å²) in [5.74, 6) is -17.5. The predicted molar refractivity (Wildman–Crippen MR) is 346 cm³/mol. The monoisotopic (exact) mass is 1350 g/mol. The van der Waals surface area contributed by atoms with E-state index in [-0.39, 0.29) is 50.1 Å². The van der Waals surface area contributed by atoms with Crippen LogP contribution in [0.4, 0.5) is 10.5 Å². The zero-order chi connectivity index (χ0) is 72.3. The van der Waals surface area contributed by atoms with Gasteiger partial charge in [0.1, 0.15) is 48.3 Å². The lowest BCUT2D eigenvalue weighted by atomic mass is 9.95. The number of hydrogen-bond donors (Lipinski definition) is 20. The molecule has 3 rings (SSSR count). The molecule has 1 saturated heterocycles. The zero-order valence-electron chi connectivity index (χ0n) is 55.5. The van der Waals surface area contributed by atoms with Crippen molar-refractivity contribution in [3.05, 3.63) is 66.2 Å². The van der Waals surface area contributed by atoms with Crippen LogP contribution in [0.1, 0.15) is 113 Å². The summed E-state index contributed by atoms with van der Waals surface area (Å²) in [6.45, 7) is 12.8. The van der Waals surface area contributed by atoms with Crippen LogP contribution in [-0.2, 0) is 62.3 Å². The predicted octanol–water partition coefficient (Wildman–Crippen LogP) is -4.39. The standard InChI is InChI=1S/C62H96N16O18/c1-11-32(8)42-56(90)75-43(34(10)80)55(89)67-27-41(81)73-45(48(83)50(64)84)58(92)72-40(28-79)60(94)96-49(35-19-14-12-15-20-35)46(77-51(85)33(9)68-52(86)37(63)25-29(2)3)59(93)76-44(47(82)31(6)7)57(91)71-39(26-30(4)5)54(88)70-38(53(87)74-42)23-18-24-66-61(65)78-62(95)69-36-21-16-13-17-22-36/h12-17,19-22,29-34,37-40,42-49,79-80,82-83H,11,18,23-28,63H2,1-10H3,(H2,64,84)(H,67,89)(H,68,86)(H,70,88)(H,71,91)(H,72,92)(H,73,81)(H,74,87)(H,75,90)(H,76,93)(H,77,85)(H4,65,66,69,78,95)/t32-,33-,34-,37+,38+,39-,40-,42-,43-,44-,45-,46-,47+,48-,49+/m0/s1. The van der Waals surface area contributed by atoms with Crippen molar-refractivity contribution in [2.75, 3.05) is 25.0 Å². The summed E-state index contributed by atoms with van der Waals surface area (Å²) in [6.07, 6.45) is -8.32. The lowest BCUT2D eigenvalue weighted by Gasteiger charge is -2.33. The van der Waals surface area contributed by atoms with Crippen molar-refractivity contribution in [3.63, 3.8) is 0 Å². The van der Waals surface area contributed by atoms with Crippen molar-refractivity contribution in [1.29, 1.82) is 5.41 Å². The van der Waals surface area contributed by atoms with Crippen LogP contribution in [0, 0.1) is 29.1 Å². The minimum atomic E-state index is -2.59. The van der Waals surface area contributed by atoms with Crippen LogP contribution in [0.2, 0.25) is 0 Å². The summed E-state index contributed by atoms with van der Waals surface area (Å²) >= 11 is 0. The molecule has 0 spiro atoms. The Kier molecular flexibility index (Phi) is 33.2. The fraction of sp³-hybridized carbons (Fsp3) is 0.581. The van der Waals surface area contributed by atoms with Crippen molar-refractivity contribution >= 4 is 88.6 Å². The fourth-order valence-electron chi connectivity index (χ4n) is 9.54. The highest BCUT2D eigenvalue weighted by Crippen LogP contribution is 2.25. The normalized spacial score (nSPS) is 23.7. The molecule has 2 aromatic carbocycles. The smallest absolute Gasteiger partial charge is 0.331 e. The number of cyclic esters (lactones) is 1. The molecule has 1 aliphatic heterocycles. The van der Waals surface area contributed by atoms with Gasteiger partial charge in [-0.25, -0.2) is 9.59 Å². The van der Waals surface area contributed by atoms with Gasteiger partial charge in [0, 0.05) is 12.2 Å². The summed E-state index contributed by atoms with van der Waals surface area (Å²) in [7, 11) is 0. The quantitative estimate of drug-likeness (QED) is 0.0229. The number of carbonyl (C=O) groups is 13.